The maximum atomic E-state index is 9.66. The van der Waals surface area contributed by atoms with Crippen molar-refractivity contribution in [3.05, 3.63) is 12.3 Å². The molecule has 0 unspecified atom stereocenters. The van der Waals surface area contributed by atoms with Crippen LogP contribution >= 0.6 is 24.8 Å². The Morgan fingerprint density at radius 3 is 2.85 bits per heavy atom. The van der Waals surface area contributed by atoms with Crippen LogP contribution in [0.5, 0.6) is 5.75 Å². The van der Waals surface area contributed by atoms with Crippen molar-refractivity contribution < 1.29 is 9.84 Å². The van der Waals surface area contributed by atoms with Gasteiger partial charge in [0.15, 0.2) is 0 Å². The summed E-state index contributed by atoms with van der Waals surface area (Å²) in [6, 6.07) is 1.77. The molecule has 0 amide bonds. The van der Waals surface area contributed by atoms with Gasteiger partial charge in [-0.2, -0.15) is 0 Å². The first-order chi connectivity index (χ1) is 8.61. The van der Waals surface area contributed by atoms with Crippen LogP contribution in [0, 0.1) is 0 Å². The van der Waals surface area contributed by atoms with Crippen LogP contribution in [-0.4, -0.2) is 49.0 Å². The predicted molar refractivity (Wildman–Crippen MR) is 85.4 cm³/mol. The quantitative estimate of drug-likeness (QED) is 0.758. The van der Waals surface area contributed by atoms with E-state index in [1.165, 1.54) is 0 Å². The van der Waals surface area contributed by atoms with Gasteiger partial charge in [0.05, 0.1) is 31.1 Å². The zero-order chi connectivity index (χ0) is 13.1. The Balaban J connectivity index is 0.00000180. The lowest BCUT2D eigenvalue weighted by molar-refractivity contribution is 0.141. The highest BCUT2D eigenvalue weighted by molar-refractivity contribution is 5.85. The standard InChI is InChI=1S/C12H20N4O2.2ClH/c1-8(17)9-7-16(4-3-14-9)10-6-15-12(13)5-11(10)18-2;;/h5-6,8-9,14,17H,3-4,7H2,1-2H3,(H2,13,15);2*1H/t8-,9-;;/m1../s1. The fourth-order valence-electron chi connectivity index (χ4n) is 2.17. The molecule has 0 bridgehead atoms. The van der Waals surface area contributed by atoms with E-state index < -0.39 is 0 Å². The fraction of sp³-hybridized carbons (Fsp3) is 0.583. The summed E-state index contributed by atoms with van der Waals surface area (Å²) in [5, 5.41) is 12.9. The molecule has 4 N–H and O–H groups in total. The Kier molecular flexibility index (Phi) is 7.96. The summed E-state index contributed by atoms with van der Waals surface area (Å²) >= 11 is 0. The minimum absolute atomic E-state index is 0. The molecule has 0 spiro atoms. The van der Waals surface area contributed by atoms with Crippen LogP contribution in [0.25, 0.3) is 0 Å². The summed E-state index contributed by atoms with van der Waals surface area (Å²) in [5.74, 6) is 1.16. The topological polar surface area (TPSA) is 83.6 Å². The zero-order valence-corrected chi connectivity index (χ0v) is 13.2. The third-order valence-electron chi connectivity index (χ3n) is 3.22. The van der Waals surface area contributed by atoms with Crippen molar-refractivity contribution in [2.75, 3.05) is 37.4 Å². The van der Waals surface area contributed by atoms with E-state index in [0.717, 1.165) is 25.3 Å². The van der Waals surface area contributed by atoms with Gasteiger partial charge in [0.2, 0.25) is 0 Å². The SMILES string of the molecule is COc1cc(N)ncc1N1CCN[C@@H]([C@@H](C)O)C1.Cl.Cl. The highest BCUT2D eigenvalue weighted by atomic mass is 35.5. The molecule has 0 radical (unpaired) electrons. The number of pyridine rings is 1. The van der Waals surface area contributed by atoms with E-state index in [9.17, 15) is 5.11 Å². The number of piperazine rings is 1. The first-order valence-corrected chi connectivity index (χ1v) is 6.07. The summed E-state index contributed by atoms with van der Waals surface area (Å²) in [4.78, 5) is 6.26. The van der Waals surface area contributed by atoms with Gasteiger partial charge < -0.3 is 25.8 Å². The second kappa shape index (κ2) is 8.36. The number of nitrogen functional groups attached to an aromatic ring is 1. The number of aromatic nitrogens is 1. The summed E-state index contributed by atoms with van der Waals surface area (Å²) in [5.41, 5.74) is 6.56. The molecule has 2 rings (SSSR count). The van der Waals surface area contributed by atoms with Gasteiger partial charge in [-0.15, -0.1) is 24.8 Å². The number of methoxy groups -OCH3 is 1. The largest absolute Gasteiger partial charge is 0.494 e. The van der Waals surface area contributed by atoms with Gasteiger partial charge in [0.25, 0.3) is 0 Å². The number of nitrogens with one attached hydrogen (secondary N) is 1. The van der Waals surface area contributed by atoms with Crippen LogP contribution in [-0.2, 0) is 0 Å². The Labute approximate surface area is 131 Å². The van der Waals surface area contributed by atoms with Crippen molar-refractivity contribution in [3.63, 3.8) is 0 Å². The van der Waals surface area contributed by atoms with Crippen LogP contribution < -0.4 is 20.7 Å². The van der Waals surface area contributed by atoms with Gasteiger partial charge in [-0.05, 0) is 6.92 Å². The molecule has 0 saturated carbocycles. The molecule has 8 heteroatoms. The van der Waals surface area contributed by atoms with Crippen LogP contribution in [0.1, 0.15) is 6.92 Å². The zero-order valence-electron chi connectivity index (χ0n) is 11.6. The minimum atomic E-state index is -0.388. The van der Waals surface area contributed by atoms with E-state index in [2.05, 4.69) is 15.2 Å². The molecule has 1 saturated heterocycles. The molecule has 2 heterocycles. The number of nitrogens with zero attached hydrogens (tertiary/aromatic N) is 2. The summed E-state index contributed by atoms with van der Waals surface area (Å²) in [6.45, 7) is 4.19. The van der Waals surface area contributed by atoms with Crippen molar-refractivity contribution in [1.82, 2.24) is 10.3 Å². The monoisotopic (exact) mass is 324 g/mol. The van der Waals surface area contributed by atoms with Crippen molar-refractivity contribution in [2.24, 2.45) is 0 Å². The number of aliphatic hydroxyl groups is 1. The molecule has 1 aromatic rings. The van der Waals surface area contributed by atoms with E-state index in [0.29, 0.717) is 11.6 Å². The van der Waals surface area contributed by atoms with Crippen LogP contribution in [0.2, 0.25) is 0 Å². The Morgan fingerprint density at radius 1 is 1.55 bits per heavy atom. The molecule has 116 valence electrons. The van der Waals surface area contributed by atoms with Gasteiger partial charge in [-0.1, -0.05) is 0 Å². The number of nitrogens with two attached hydrogens (primary N) is 1. The van der Waals surface area contributed by atoms with Gasteiger partial charge in [0, 0.05) is 25.7 Å². The third kappa shape index (κ3) is 4.28. The average molecular weight is 325 g/mol. The lowest BCUT2D eigenvalue weighted by atomic mass is 10.1. The van der Waals surface area contributed by atoms with Crippen molar-refractivity contribution in [3.8, 4) is 5.75 Å². The second-order valence-electron chi connectivity index (χ2n) is 4.53. The first kappa shape index (κ1) is 19.1. The van der Waals surface area contributed by atoms with E-state index in [4.69, 9.17) is 10.5 Å². The maximum absolute atomic E-state index is 9.66. The molecular formula is C12H22Cl2N4O2. The van der Waals surface area contributed by atoms with Crippen LogP contribution in [0.3, 0.4) is 0 Å². The van der Waals surface area contributed by atoms with Crippen molar-refractivity contribution >= 4 is 36.3 Å². The van der Waals surface area contributed by atoms with Crippen LogP contribution in [0.15, 0.2) is 12.3 Å². The molecule has 1 aliphatic heterocycles. The van der Waals surface area contributed by atoms with Gasteiger partial charge in [-0.25, -0.2) is 4.98 Å². The molecular weight excluding hydrogens is 303 g/mol. The molecule has 2 atom stereocenters. The van der Waals surface area contributed by atoms with E-state index >= 15 is 0 Å². The molecule has 6 nitrogen and oxygen atoms in total. The Bertz CT molecular complexity index is 420. The van der Waals surface area contributed by atoms with Gasteiger partial charge >= 0.3 is 0 Å². The van der Waals surface area contributed by atoms with E-state index in [1.54, 1.807) is 26.3 Å². The summed E-state index contributed by atoms with van der Waals surface area (Å²) in [6.07, 6.45) is 1.33. The van der Waals surface area contributed by atoms with Gasteiger partial charge in [0.1, 0.15) is 11.6 Å². The first-order valence-electron chi connectivity index (χ1n) is 6.07. The van der Waals surface area contributed by atoms with Gasteiger partial charge in [-0.3, -0.25) is 0 Å². The second-order valence-corrected chi connectivity index (χ2v) is 4.53. The summed E-state index contributed by atoms with van der Waals surface area (Å²) in [7, 11) is 1.62. The fourth-order valence-corrected chi connectivity index (χ4v) is 2.17. The Hall–Kier alpha value is -0.950. The molecule has 1 aromatic heterocycles. The molecule has 0 aliphatic carbocycles. The highest BCUT2D eigenvalue weighted by Crippen LogP contribution is 2.29. The third-order valence-corrected chi connectivity index (χ3v) is 3.22. The lowest BCUT2D eigenvalue weighted by Crippen LogP contribution is -2.55. The highest BCUT2D eigenvalue weighted by Gasteiger charge is 2.24. The smallest absolute Gasteiger partial charge is 0.147 e. The molecule has 20 heavy (non-hydrogen) atoms. The number of anilines is 2. The minimum Gasteiger partial charge on any atom is -0.494 e. The van der Waals surface area contributed by atoms with Crippen molar-refractivity contribution in [2.45, 2.75) is 19.1 Å². The van der Waals surface area contributed by atoms with E-state index in [1.807, 2.05) is 0 Å². The maximum Gasteiger partial charge on any atom is 0.147 e. The molecule has 0 aromatic carbocycles. The Morgan fingerprint density at radius 2 is 2.25 bits per heavy atom. The average Bonchev–Trinajstić information content (AvgIpc) is 2.38. The van der Waals surface area contributed by atoms with E-state index in [-0.39, 0.29) is 37.0 Å². The normalized spacial score (nSPS) is 19.6. The number of hydrogen-bond acceptors (Lipinski definition) is 6. The number of rotatable bonds is 3. The number of aliphatic hydroxyl groups excluding tert-OH is 1. The lowest BCUT2D eigenvalue weighted by Gasteiger charge is -2.36. The number of ether oxygens (including phenoxy) is 1. The van der Waals surface area contributed by atoms with Crippen LogP contribution in [0.4, 0.5) is 11.5 Å². The number of hydrogen-bond donors (Lipinski definition) is 3. The summed E-state index contributed by atoms with van der Waals surface area (Å²) < 4.78 is 5.33. The predicted octanol–water partition coefficient (Wildman–Crippen LogP) is 0.675. The van der Waals surface area contributed by atoms with Crippen molar-refractivity contribution in [1.29, 1.82) is 0 Å². The molecule has 1 aliphatic rings. The molecule has 1 fully saturated rings. The number of halogens is 2.